The van der Waals surface area contributed by atoms with Crippen LogP contribution in [0.25, 0.3) is 0 Å². The van der Waals surface area contributed by atoms with Crippen molar-refractivity contribution in [2.45, 2.75) is 18.9 Å². The summed E-state index contributed by atoms with van der Waals surface area (Å²) < 4.78 is 7.21. The van der Waals surface area contributed by atoms with Crippen molar-refractivity contribution in [3.05, 3.63) is 34.5 Å². The molecule has 2 rings (SSSR count). The molecule has 5 nitrogen and oxygen atoms in total. The first-order chi connectivity index (χ1) is 8.74. The first-order valence-electron chi connectivity index (χ1n) is 5.79. The molecule has 18 heavy (non-hydrogen) atoms. The summed E-state index contributed by atoms with van der Waals surface area (Å²) in [6.07, 6.45) is 5.56. The number of nitrogens with one attached hydrogen (secondary N) is 1. The lowest BCUT2D eigenvalue weighted by Gasteiger charge is -2.13. The number of imidazole rings is 1. The Morgan fingerprint density at radius 3 is 3.00 bits per heavy atom. The highest BCUT2D eigenvalue weighted by molar-refractivity contribution is 7.10. The maximum Gasteiger partial charge on any atom is 0.129 e. The van der Waals surface area contributed by atoms with Gasteiger partial charge in [-0.15, -0.1) is 11.3 Å². The minimum atomic E-state index is 0.135. The highest BCUT2D eigenvalue weighted by atomic mass is 32.1. The van der Waals surface area contributed by atoms with Gasteiger partial charge in [0.05, 0.1) is 13.2 Å². The Morgan fingerprint density at radius 1 is 1.61 bits per heavy atom. The first kappa shape index (κ1) is 13.1. The normalized spacial score (nSPS) is 12.6. The molecule has 0 radical (unpaired) electrons. The number of aryl methyl sites for hydroxylation is 2. The summed E-state index contributed by atoms with van der Waals surface area (Å²) in [6, 6.07) is 2.16. The molecular formula is C12H18N4OS. The molecule has 1 atom stereocenters. The van der Waals surface area contributed by atoms with Crippen molar-refractivity contribution in [2.24, 2.45) is 12.9 Å². The molecule has 0 amide bonds. The second-order valence-corrected chi connectivity index (χ2v) is 5.04. The molecule has 0 aliphatic carbocycles. The number of nitrogens with zero attached hydrogens (tertiary/aromatic N) is 2. The smallest absolute Gasteiger partial charge is 0.129 e. The van der Waals surface area contributed by atoms with Crippen LogP contribution < -0.4 is 16.0 Å². The average Bonchev–Trinajstić information content (AvgIpc) is 3.00. The third-order valence-electron chi connectivity index (χ3n) is 2.95. The molecule has 0 saturated heterocycles. The Balaban J connectivity index is 1.99. The number of hydrogen-bond donors (Lipinski definition) is 2. The SMILES string of the molecule is COc1csc(C(CCc2nccn2C)NN)c1. The van der Waals surface area contributed by atoms with Crippen LogP contribution in [0.5, 0.6) is 5.75 Å². The van der Waals surface area contributed by atoms with Gasteiger partial charge in [0.1, 0.15) is 11.6 Å². The highest BCUT2D eigenvalue weighted by Crippen LogP contribution is 2.28. The predicted molar refractivity (Wildman–Crippen MR) is 72.5 cm³/mol. The minimum absolute atomic E-state index is 0.135. The van der Waals surface area contributed by atoms with Crippen LogP contribution in [0, 0.1) is 0 Å². The first-order valence-corrected chi connectivity index (χ1v) is 6.67. The maximum atomic E-state index is 5.62. The second-order valence-electron chi connectivity index (χ2n) is 4.10. The van der Waals surface area contributed by atoms with Crippen molar-refractivity contribution in [1.82, 2.24) is 15.0 Å². The number of rotatable bonds is 6. The summed E-state index contributed by atoms with van der Waals surface area (Å²) in [5, 5.41) is 1.99. The van der Waals surface area contributed by atoms with E-state index in [2.05, 4.69) is 10.4 Å². The number of ether oxygens (including phenoxy) is 1. The Kier molecular flexibility index (Phi) is 4.35. The van der Waals surface area contributed by atoms with E-state index in [0.29, 0.717) is 0 Å². The van der Waals surface area contributed by atoms with Crippen LogP contribution in [-0.4, -0.2) is 16.7 Å². The summed E-state index contributed by atoms with van der Waals surface area (Å²) in [5.74, 6) is 7.57. The topological polar surface area (TPSA) is 65.1 Å². The van der Waals surface area contributed by atoms with E-state index in [0.717, 1.165) is 24.4 Å². The molecule has 0 spiro atoms. The zero-order chi connectivity index (χ0) is 13.0. The number of aromatic nitrogens is 2. The van der Waals surface area contributed by atoms with Gasteiger partial charge in [-0.1, -0.05) is 0 Å². The van der Waals surface area contributed by atoms with Crippen LogP contribution in [0.3, 0.4) is 0 Å². The monoisotopic (exact) mass is 266 g/mol. The van der Waals surface area contributed by atoms with Crippen LogP contribution in [-0.2, 0) is 13.5 Å². The molecule has 2 aromatic rings. The van der Waals surface area contributed by atoms with Gasteiger partial charge >= 0.3 is 0 Å². The molecule has 0 fully saturated rings. The van der Waals surface area contributed by atoms with E-state index in [1.165, 1.54) is 4.88 Å². The van der Waals surface area contributed by atoms with Crippen LogP contribution >= 0.6 is 11.3 Å². The standard InChI is InChI=1S/C12H18N4OS/c1-16-6-5-14-12(16)4-3-10(15-13)11-7-9(17-2)8-18-11/h5-8,10,15H,3-4,13H2,1-2H3. The van der Waals surface area contributed by atoms with Gasteiger partial charge in [0, 0.05) is 36.1 Å². The van der Waals surface area contributed by atoms with Crippen molar-refractivity contribution in [3.63, 3.8) is 0 Å². The van der Waals surface area contributed by atoms with E-state index in [1.807, 2.05) is 35.5 Å². The number of thiophene rings is 1. The van der Waals surface area contributed by atoms with Crippen molar-refractivity contribution in [3.8, 4) is 5.75 Å². The van der Waals surface area contributed by atoms with Gasteiger partial charge in [0.15, 0.2) is 0 Å². The predicted octanol–water partition coefficient (Wildman–Crippen LogP) is 1.63. The Morgan fingerprint density at radius 2 is 2.44 bits per heavy atom. The van der Waals surface area contributed by atoms with Gasteiger partial charge in [0.25, 0.3) is 0 Å². The molecule has 3 N–H and O–H groups in total. The Hall–Kier alpha value is -1.37. The molecule has 0 aliphatic heterocycles. The minimum Gasteiger partial charge on any atom is -0.496 e. The maximum absolute atomic E-state index is 5.62. The molecular weight excluding hydrogens is 248 g/mol. The fourth-order valence-electron chi connectivity index (χ4n) is 1.84. The van der Waals surface area contributed by atoms with Crippen LogP contribution in [0.4, 0.5) is 0 Å². The van der Waals surface area contributed by atoms with E-state index in [1.54, 1.807) is 18.4 Å². The summed E-state index contributed by atoms with van der Waals surface area (Å²) in [7, 11) is 3.67. The van der Waals surface area contributed by atoms with Gasteiger partial charge in [-0.25, -0.2) is 4.98 Å². The molecule has 98 valence electrons. The van der Waals surface area contributed by atoms with E-state index in [4.69, 9.17) is 10.6 Å². The quantitative estimate of drug-likeness (QED) is 0.616. The lowest BCUT2D eigenvalue weighted by molar-refractivity contribution is 0.415. The van der Waals surface area contributed by atoms with Gasteiger partial charge in [-0.3, -0.25) is 11.3 Å². The van der Waals surface area contributed by atoms with E-state index in [-0.39, 0.29) is 6.04 Å². The van der Waals surface area contributed by atoms with Gasteiger partial charge in [0.2, 0.25) is 0 Å². The summed E-state index contributed by atoms with van der Waals surface area (Å²) >= 11 is 1.65. The van der Waals surface area contributed by atoms with Gasteiger partial charge in [-0.2, -0.15) is 0 Å². The highest BCUT2D eigenvalue weighted by Gasteiger charge is 2.13. The van der Waals surface area contributed by atoms with Crippen molar-refractivity contribution >= 4 is 11.3 Å². The summed E-state index contributed by atoms with van der Waals surface area (Å²) in [4.78, 5) is 5.49. The molecule has 0 saturated carbocycles. The fourth-order valence-corrected chi connectivity index (χ4v) is 2.79. The fraction of sp³-hybridized carbons (Fsp3) is 0.417. The molecule has 0 aliphatic rings. The largest absolute Gasteiger partial charge is 0.496 e. The third kappa shape index (κ3) is 2.90. The van der Waals surface area contributed by atoms with Gasteiger partial charge in [-0.05, 0) is 12.5 Å². The number of hydrogen-bond acceptors (Lipinski definition) is 5. The van der Waals surface area contributed by atoms with Crippen LogP contribution in [0.2, 0.25) is 0 Å². The van der Waals surface area contributed by atoms with Crippen LogP contribution in [0.1, 0.15) is 23.2 Å². The Bertz CT molecular complexity index is 494. The molecule has 2 aromatic heterocycles. The molecule has 0 aromatic carbocycles. The molecule has 2 heterocycles. The molecule has 1 unspecified atom stereocenters. The zero-order valence-electron chi connectivity index (χ0n) is 10.6. The summed E-state index contributed by atoms with van der Waals surface area (Å²) in [5.41, 5.74) is 2.86. The van der Waals surface area contributed by atoms with Gasteiger partial charge < -0.3 is 9.30 Å². The van der Waals surface area contributed by atoms with Crippen molar-refractivity contribution in [2.75, 3.05) is 7.11 Å². The third-order valence-corrected chi connectivity index (χ3v) is 3.98. The molecule has 6 heteroatoms. The van der Waals surface area contributed by atoms with E-state index >= 15 is 0 Å². The average molecular weight is 266 g/mol. The van der Waals surface area contributed by atoms with E-state index < -0.39 is 0 Å². The number of hydrazine groups is 1. The van der Waals surface area contributed by atoms with Crippen LogP contribution in [0.15, 0.2) is 23.8 Å². The van der Waals surface area contributed by atoms with Crippen molar-refractivity contribution in [1.29, 1.82) is 0 Å². The summed E-state index contributed by atoms with van der Waals surface area (Å²) in [6.45, 7) is 0. The number of methoxy groups -OCH3 is 1. The lowest BCUT2D eigenvalue weighted by Crippen LogP contribution is -2.28. The second kappa shape index (κ2) is 5.99. The lowest BCUT2D eigenvalue weighted by atomic mass is 10.1. The Labute approximate surface area is 111 Å². The van der Waals surface area contributed by atoms with E-state index in [9.17, 15) is 0 Å². The zero-order valence-corrected chi connectivity index (χ0v) is 11.4. The van der Waals surface area contributed by atoms with Crippen molar-refractivity contribution < 1.29 is 4.74 Å². The molecule has 0 bridgehead atoms. The number of nitrogens with two attached hydrogens (primary N) is 1.